The van der Waals surface area contributed by atoms with Gasteiger partial charge in [0.25, 0.3) is 0 Å². The van der Waals surface area contributed by atoms with E-state index in [1.54, 1.807) is 28.4 Å². The summed E-state index contributed by atoms with van der Waals surface area (Å²) < 4.78 is 54.5. The molecule has 0 N–H and O–H groups in total. The molecule has 0 spiro atoms. The van der Waals surface area contributed by atoms with Crippen LogP contribution >= 0.6 is 0 Å². The smallest absolute Gasteiger partial charge is 0.186 e. The Hall–Kier alpha value is -3.96. The maximum atomic E-state index is 6.70. The molecule has 1 fully saturated rings. The molecule has 1 saturated heterocycles. The third kappa shape index (κ3) is 9.77. The van der Waals surface area contributed by atoms with Crippen molar-refractivity contribution < 1.29 is 42.6 Å². The Morgan fingerprint density at radius 2 is 0.894 bits per heavy atom. The van der Waals surface area contributed by atoms with E-state index in [9.17, 15) is 0 Å². The lowest BCUT2D eigenvalue weighted by Gasteiger charge is -2.45. The first-order valence-corrected chi connectivity index (χ1v) is 15.6. The zero-order chi connectivity index (χ0) is 32.8. The Kier molecular flexibility index (Phi) is 13.0. The number of hydrogen-bond acceptors (Lipinski definition) is 9. The molecule has 250 valence electrons. The van der Waals surface area contributed by atoms with Crippen molar-refractivity contribution in [2.45, 2.75) is 57.1 Å². The van der Waals surface area contributed by atoms with Gasteiger partial charge in [0.05, 0.1) is 54.4 Å². The highest BCUT2D eigenvalue weighted by molar-refractivity contribution is 5.28. The van der Waals surface area contributed by atoms with E-state index in [0.717, 1.165) is 39.5 Å². The molecular weight excluding hydrogens is 600 g/mol. The number of ether oxygens (including phenoxy) is 9. The summed E-state index contributed by atoms with van der Waals surface area (Å²) in [5.41, 5.74) is 3.99. The monoisotopic (exact) mass is 644 g/mol. The quantitative estimate of drug-likeness (QED) is 0.131. The minimum absolute atomic E-state index is 0.260. The Morgan fingerprint density at radius 3 is 1.34 bits per heavy atom. The van der Waals surface area contributed by atoms with Crippen LogP contribution in [0.5, 0.6) is 17.2 Å². The van der Waals surface area contributed by atoms with Crippen molar-refractivity contribution in [3.05, 3.63) is 125 Å². The van der Waals surface area contributed by atoms with Crippen LogP contribution in [0.3, 0.4) is 0 Å². The minimum Gasteiger partial charge on any atom is -0.497 e. The average molecular weight is 645 g/mol. The van der Waals surface area contributed by atoms with Crippen LogP contribution in [0.2, 0.25) is 0 Å². The lowest BCUT2D eigenvalue weighted by Crippen LogP contribution is -2.61. The molecule has 0 unspecified atom stereocenters. The van der Waals surface area contributed by atoms with Crippen molar-refractivity contribution in [3.63, 3.8) is 0 Å². The van der Waals surface area contributed by atoms with E-state index < -0.39 is 30.7 Å². The van der Waals surface area contributed by atoms with Gasteiger partial charge in [-0.05, 0) is 58.7 Å². The Balaban J connectivity index is 1.40. The third-order valence-electron chi connectivity index (χ3n) is 8.02. The third-order valence-corrected chi connectivity index (χ3v) is 8.02. The molecular formula is C38H44O9. The zero-order valence-electron chi connectivity index (χ0n) is 27.4. The molecule has 0 aromatic heterocycles. The van der Waals surface area contributed by atoms with E-state index in [2.05, 4.69) is 0 Å². The van der Waals surface area contributed by atoms with Gasteiger partial charge in [0.1, 0.15) is 41.7 Å². The van der Waals surface area contributed by atoms with E-state index in [0.29, 0.717) is 26.4 Å². The highest BCUT2D eigenvalue weighted by Crippen LogP contribution is 2.32. The summed E-state index contributed by atoms with van der Waals surface area (Å²) in [7, 11) is 6.54. The molecule has 0 bridgehead atoms. The molecule has 0 amide bonds. The first-order valence-electron chi connectivity index (χ1n) is 15.6. The van der Waals surface area contributed by atoms with Crippen molar-refractivity contribution in [2.75, 3.05) is 35.0 Å². The van der Waals surface area contributed by atoms with Gasteiger partial charge >= 0.3 is 0 Å². The molecule has 4 aromatic carbocycles. The van der Waals surface area contributed by atoms with Crippen molar-refractivity contribution in [1.29, 1.82) is 0 Å². The normalized spacial score (nSPS) is 20.9. The largest absolute Gasteiger partial charge is 0.497 e. The standard InChI is InChI=1S/C38H44O9/c1-39-31-16-10-28(11-17-31)23-44-35-34(26-43-22-27-8-6-5-7-9-27)47-38(42-4)37(46-25-30-14-20-33(41-3)21-15-30)36(35)45-24-29-12-18-32(40-2)19-13-29/h5-21,34-38H,22-26H2,1-4H3/t34-,35-,36+,37-,38+/m1/s1. The van der Waals surface area contributed by atoms with Crippen LogP contribution in [0.4, 0.5) is 0 Å². The predicted octanol–water partition coefficient (Wildman–Crippen LogP) is 6.36. The maximum absolute atomic E-state index is 6.70. The van der Waals surface area contributed by atoms with Gasteiger partial charge in [0.15, 0.2) is 6.29 Å². The molecule has 1 aliphatic heterocycles. The van der Waals surface area contributed by atoms with Gasteiger partial charge in [-0.15, -0.1) is 0 Å². The van der Waals surface area contributed by atoms with Crippen molar-refractivity contribution in [2.24, 2.45) is 0 Å². The van der Waals surface area contributed by atoms with E-state index in [1.165, 1.54) is 0 Å². The molecule has 9 nitrogen and oxygen atoms in total. The second kappa shape index (κ2) is 17.8. The van der Waals surface area contributed by atoms with Crippen LogP contribution in [0.25, 0.3) is 0 Å². The number of hydrogen-bond donors (Lipinski definition) is 0. The minimum atomic E-state index is -0.736. The van der Waals surface area contributed by atoms with Gasteiger partial charge in [0, 0.05) is 7.11 Å². The topological polar surface area (TPSA) is 83.1 Å². The summed E-state index contributed by atoms with van der Waals surface area (Å²) in [4.78, 5) is 0. The average Bonchev–Trinajstić information content (AvgIpc) is 3.13. The molecule has 0 radical (unpaired) electrons. The second-order valence-electron chi connectivity index (χ2n) is 11.2. The van der Waals surface area contributed by atoms with Crippen LogP contribution in [0.15, 0.2) is 103 Å². The van der Waals surface area contributed by atoms with Crippen molar-refractivity contribution >= 4 is 0 Å². The van der Waals surface area contributed by atoms with Crippen LogP contribution in [-0.4, -0.2) is 65.8 Å². The molecule has 1 heterocycles. The van der Waals surface area contributed by atoms with Gasteiger partial charge in [-0.1, -0.05) is 66.7 Å². The van der Waals surface area contributed by atoms with Crippen LogP contribution in [-0.2, 0) is 54.8 Å². The lowest BCUT2D eigenvalue weighted by atomic mass is 9.97. The van der Waals surface area contributed by atoms with Gasteiger partial charge in [-0.3, -0.25) is 0 Å². The van der Waals surface area contributed by atoms with Crippen LogP contribution in [0, 0.1) is 0 Å². The predicted molar refractivity (Wildman–Crippen MR) is 176 cm³/mol. The summed E-state index contributed by atoms with van der Waals surface area (Å²) in [6.45, 7) is 1.63. The van der Waals surface area contributed by atoms with Gasteiger partial charge in [-0.2, -0.15) is 0 Å². The van der Waals surface area contributed by atoms with E-state index in [4.69, 9.17) is 42.6 Å². The zero-order valence-corrected chi connectivity index (χ0v) is 27.4. The Labute approximate surface area is 277 Å². The summed E-state index contributed by atoms with van der Waals surface area (Å²) in [5, 5.41) is 0. The molecule has 5 rings (SSSR count). The van der Waals surface area contributed by atoms with Crippen molar-refractivity contribution in [1.82, 2.24) is 0 Å². The fourth-order valence-corrected chi connectivity index (χ4v) is 5.38. The maximum Gasteiger partial charge on any atom is 0.186 e. The van der Waals surface area contributed by atoms with Crippen molar-refractivity contribution in [3.8, 4) is 17.2 Å². The lowest BCUT2D eigenvalue weighted by molar-refractivity contribution is -0.323. The Bertz CT molecular complexity index is 1450. The summed E-state index contributed by atoms with van der Waals surface area (Å²) in [6, 6.07) is 33.3. The molecule has 9 heteroatoms. The van der Waals surface area contributed by atoms with E-state index >= 15 is 0 Å². The highest BCUT2D eigenvalue weighted by atomic mass is 16.7. The van der Waals surface area contributed by atoms with Gasteiger partial charge in [-0.25, -0.2) is 0 Å². The highest BCUT2D eigenvalue weighted by Gasteiger charge is 2.48. The first-order chi connectivity index (χ1) is 23.1. The summed E-state index contributed by atoms with van der Waals surface area (Å²) in [6.07, 6.45) is -2.99. The molecule has 47 heavy (non-hydrogen) atoms. The Morgan fingerprint density at radius 1 is 0.468 bits per heavy atom. The number of rotatable bonds is 17. The van der Waals surface area contributed by atoms with E-state index in [1.807, 2.05) is 103 Å². The van der Waals surface area contributed by atoms with Gasteiger partial charge in [0.2, 0.25) is 0 Å². The van der Waals surface area contributed by atoms with E-state index in [-0.39, 0.29) is 6.61 Å². The fraction of sp³-hybridized carbons (Fsp3) is 0.368. The molecule has 0 aliphatic carbocycles. The molecule has 0 saturated carbocycles. The summed E-state index contributed by atoms with van der Waals surface area (Å²) in [5.74, 6) is 2.32. The SMILES string of the molecule is COc1ccc(CO[C@@H]2[C@@H](OCc3ccc(OC)cc3)[C@@H](OC)O[C@H](COCc3ccccc3)[C@H]2OCc2ccc(OC)cc2)cc1. The fourth-order valence-electron chi connectivity index (χ4n) is 5.38. The van der Waals surface area contributed by atoms with Crippen LogP contribution in [0.1, 0.15) is 22.3 Å². The number of methoxy groups -OCH3 is 4. The number of benzene rings is 4. The first kappa shape index (κ1) is 34.4. The molecule has 1 aliphatic rings. The van der Waals surface area contributed by atoms with Gasteiger partial charge < -0.3 is 42.6 Å². The molecule has 5 atom stereocenters. The second-order valence-corrected chi connectivity index (χ2v) is 11.2. The van der Waals surface area contributed by atoms with Crippen LogP contribution < -0.4 is 14.2 Å². The summed E-state index contributed by atoms with van der Waals surface area (Å²) >= 11 is 0. The molecule has 4 aromatic rings.